The van der Waals surface area contributed by atoms with Crippen molar-refractivity contribution < 1.29 is 0 Å². The molecule has 0 bridgehead atoms. The molecule has 0 spiro atoms. The molecule has 16 heavy (non-hydrogen) atoms. The summed E-state index contributed by atoms with van der Waals surface area (Å²) >= 11 is 0. The summed E-state index contributed by atoms with van der Waals surface area (Å²) in [5.74, 6) is 0. The molecule has 0 fully saturated rings. The van der Waals surface area contributed by atoms with E-state index in [0.29, 0.717) is 0 Å². The first-order chi connectivity index (χ1) is 7.84. The van der Waals surface area contributed by atoms with Crippen molar-refractivity contribution in [3.8, 4) is 5.69 Å². The predicted octanol–water partition coefficient (Wildman–Crippen LogP) is 2.12. The fourth-order valence-corrected chi connectivity index (χ4v) is 1.66. The van der Waals surface area contributed by atoms with Crippen molar-refractivity contribution in [3.63, 3.8) is 0 Å². The Hall–Kier alpha value is -2.23. The second-order valence-electron chi connectivity index (χ2n) is 3.68. The monoisotopic (exact) mass is 210 g/mol. The van der Waals surface area contributed by atoms with Gasteiger partial charge in [-0.2, -0.15) is 0 Å². The maximum Gasteiger partial charge on any atom is 0.167 e. The number of aryl methyl sites for hydroxylation is 1. The fraction of sp³-hybridized carbons (Fsp3) is 0.0833. The maximum absolute atomic E-state index is 4.26. The second kappa shape index (κ2) is 3.41. The van der Waals surface area contributed by atoms with Crippen molar-refractivity contribution in [3.05, 3.63) is 48.7 Å². The zero-order valence-electron chi connectivity index (χ0n) is 8.83. The molecule has 78 valence electrons. The highest BCUT2D eigenvalue weighted by atomic mass is 15.1. The van der Waals surface area contributed by atoms with Crippen LogP contribution in [0.1, 0.15) is 5.56 Å². The van der Waals surface area contributed by atoms with E-state index in [-0.39, 0.29) is 0 Å². The Morgan fingerprint density at radius 3 is 2.69 bits per heavy atom. The predicted molar refractivity (Wildman–Crippen MR) is 61.4 cm³/mol. The molecule has 0 aliphatic heterocycles. The highest BCUT2D eigenvalue weighted by Gasteiger charge is 2.04. The molecule has 2 aromatic heterocycles. The average Bonchev–Trinajstić information content (AvgIpc) is 2.74. The normalized spacial score (nSPS) is 10.8. The minimum absolute atomic E-state index is 0.808. The summed E-state index contributed by atoms with van der Waals surface area (Å²) in [5, 5.41) is 0. The molecule has 2 heterocycles. The molecule has 4 heteroatoms. The molecule has 0 saturated heterocycles. The van der Waals surface area contributed by atoms with E-state index < -0.39 is 0 Å². The van der Waals surface area contributed by atoms with E-state index in [0.717, 1.165) is 16.9 Å². The van der Waals surface area contributed by atoms with Crippen LogP contribution in [0, 0.1) is 6.92 Å². The number of benzene rings is 1. The van der Waals surface area contributed by atoms with Gasteiger partial charge in [0.2, 0.25) is 0 Å². The Bertz CT molecular complexity index is 625. The van der Waals surface area contributed by atoms with Crippen LogP contribution in [-0.4, -0.2) is 19.5 Å². The Morgan fingerprint density at radius 1 is 1.06 bits per heavy atom. The quantitative estimate of drug-likeness (QED) is 0.618. The first-order valence-electron chi connectivity index (χ1n) is 5.05. The van der Waals surface area contributed by atoms with Crippen LogP contribution in [0.2, 0.25) is 0 Å². The molecule has 0 radical (unpaired) electrons. The van der Waals surface area contributed by atoms with E-state index in [1.54, 1.807) is 12.5 Å². The van der Waals surface area contributed by atoms with Gasteiger partial charge < -0.3 is 0 Å². The smallest absolute Gasteiger partial charge is 0.167 e. The van der Waals surface area contributed by atoms with Gasteiger partial charge in [-0.15, -0.1) is 0 Å². The molecule has 0 saturated carbocycles. The maximum atomic E-state index is 4.26. The summed E-state index contributed by atoms with van der Waals surface area (Å²) < 4.78 is 1.95. The summed E-state index contributed by atoms with van der Waals surface area (Å²) in [6.07, 6.45) is 5.02. The summed E-state index contributed by atoms with van der Waals surface area (Å²) in [7, 11) is 0. The molecule has 4 nitrogen and oxygen atoms in total. The molecule has 1 aromatic carbocycles. The average molecular weight is 210 g/mol. The van der Waals surface area contributed by atoms with Crippen molar-refractivity contribution in [2.75, 3.05) is 0 Å². The van der Waals surface area contributed by atoms with Crippen LogP contribution in [0.15, 0.2) is 43.1 Å². The molecule has 0 atom stereocenters. The van der Waals surface area contributed by atoms with Gasteiger partial charge in [-0.1, -0.05) is 17.7 Å². The van der Waals surface area contributed by atoms with E-state index in [1.807, 2.05) is 4.57 Å². The third-order valence-corrected chi connectivity index (χ3v) is 2.53. The van der Waals surface area contributed by atoms with Gasteiger partial charge in [0.1, 0.15) is 18.2 Å². The van der Waals surface area contributed by atoms with Gasteiger partial charge in [-0.05, 0) is 19.1 Å². The van der Waals surface area contributed by atoms with Gasteiger partial charge in [0.25, 0.3) is 0 Å². The minimum atomic E-state index is 0.808. The Morgan fingerprint density at radius 2 is 1.88 bits per heavy atom. The number of imidazole rings is 1. The van der Waals surface area contributed by atoms with Crippen molar-refractivity contribution in [1.29, 1.82) is 0 Å². The zero-order valence-corrected chi connectivity index (χ0v) is 8.83. The molecular weight excluding hydrogens is 200 g/mol. The van der Waals surface area contributed by atoms with Crippen molar-refractivity contribution in [2.24, 2.45) is 0 Å². The van der Waals surface area contributed by atoms with Crippen molar-refractivity contribution in [1.82, 2.24) is 19.5 Å². The van der Waals surface area contributed by atoms with Crippen LogP contribution in [0.3, 0.4) is 0 Å². The van der Waals surface area contributed by atoms with E-state index >= 15 is 0 Å². The molecule has 0 amide bonds. The highest BCUT2D eigenvalue weighted by molar-refractivity contribution is 5.71. The molecule has 3 rings (SSSR count). The van der Waals surface area contributed by atoms with Crippen LogP contribution in [0.5, 0.6) is 0 Å². The standard InChI is InChI=1S/C12H10N4/c1-9-2-4-10(5-3-9)16-8-15-11-6-13-7-14-12(11)16/h2-8H,1H3. The lowest BCUT2D eigenvalue weighted by Gasteiger charge is -2.03. The van der Waals surface area contributed by atoms with E-state index in [9.17, 15) is 0 Å². The first kappa shape index (κ1) is 9.03. The summed E-state index contributed by atoms with van der Waals surface area (Å²) in [6, 6.07) is 8.25. The molecule has 0 N–H and O–H groups in total. The van der Waals surface area contributed by atoms with E-state index in [4.69, 9.17) is 0 Å². The van der Waals surface area contributed by atoms with Gasteiger partial charge in [0, 0.05) is 5.69 Å². The Balaban J connectivity index is 2.22. The molecule has 3 aromatic rings. The summed E-state index contributed by atoms with van der Waals surface area (Å²) in [6.45, 7) is 2.07. The third-order valence-electron chi connectivity index (χ3n) is 2.53. The van der Waals surface area contributed by atoms with Gasteiger partial charge >= 0.3 is 0 Å². The number of hydrogen-bond acceptors (Lipinski definition) is 3. The van der Waals surface area contributed by atoms with Crippen LogP contribution in [0.4, 0.5) is 0 Å². The van der Waals surface area contributed by atoms with Crippen molar-refractivity contribution >= 4 is 11.2 Å². The van der Waals surface area contributed by atoms with Crippen LogP contribution in [-0.2, 0) is 0 Å². The number of hydrogen-bond donors (Lipinski definition) is 0. The SMILES string of the molecule is Cc1ccc(-n2cnc3cncnc32)cc1. The van der Waals surface area contributed by atoms with Crippen molar-refractivity contribution in [2.45, 2.75) is 6.92 Å². The summed E-state index contributed by atoms with van der Waals surface area (Å²) in [4.78, 5) is 12.4. The Labute approximate surface area is 92.6 Å². The number of nitrogens with zero attached hydrogens (tertiary/aromatic N) is 4. The first-order valence-corrected chi connectivity index (χ1v) is 5.05. The minimum Gasteiger partial charge on any atom is -0.283 e. The lowest BCUT2D eigenvalue weighted by atomic mass is 10.2. The summed E-state index contributed by atoms with van der Waals surface area (Å²) in [5.41, 5.74) is 3.94. The van der Waals surface area contributed by atoms with Gasteiger partial charge in [0.05, 0.1) is 6.20 Å². The van der Waals surface area contributed by atoms with Gasteiger partial charge in [-0.25, -0.2) is 15.0 Å². The third kappa shape index (κ3) is 1.35. The number of fused-ring (bicyclic) bond motifs is 1. The molecular formula is C12H10N4. The molecule has 0 aliphatic rings. The lowest BCUT2D eigenvalue weighted by Crippen LogP contribution is -1.93. The topological polar surface area (TPSA) is 43.6 Å². The largest absolute Gasteiger partial charge is 0.283 e. The van der Waals surface area contributed by atoms with Crippen LogP contribution in [0.25, 0.3) is 16.9 Å². The van der Waals surface area contributed by atoms with Crippen LogP contribution < -0.4 is 0 Å². The second-order valence-corrected chi connectivity index (χ2v) is 3.68. The Kier molecular flexibility index (Phi) is 1.93. The number of aromatic nitrogens is 4. The zero-order chi connectivity index (χ0) is 11.0. The molecule has 0 aliphatic carbocycles. The highest BCUT2D eigenvalue weighted by Crippen LogP contribution is 2.15. The fourth-order valence-electron chi connectivity index (χ4n) is 1.66. The van der Waals surface area contributed by atoms with Crippen LogP contribution >= 0.6 is 0 Å². The lowest BCUT2D eigenvalue weighted by molar-refractivity contribution is 1.06. The van der Waals surface area contributed by atoms with E-state index in [1.165, 1.54) is 11.9 Å². The number of rotatable bonds is 1. The molecule has 0 unspecified atom stereocenters. The van der Waals surface area contributed by atoms with Gasteiger partial charge in [-0.3, -0.25) is 4.57 Å². The van der Waals surface area contributed by atoms with Gasteiger partial charge in [0.15, 0.2) is 5.65 Å². The van der Waals surface area contributed by atoms with E-state index in [2.05, 4.69) is 46.1 Å².